The van der Waals surface area contributed by atoms with Gasteiger partial charge < -0.3 is 15.5 Å². The van der Waals surface area contributed by atoms with Crippen LogP contribution in [0.2, 0.25) is 0 Å². The first-order valence-corrected chi connectivity index (χ1v) is 6.02. The van der Waals surface area contributed by atoms with E-state index in [4.69, 9.17) is 0 Å². The topological polar surface area (TPSA) is 82.5 Å². The zero-order chi connectivity index (χ0) is 12.9. The van der Waals surface area contributed by atoms with E-state index in [1.165, 1.54) is 6.20 Å². The molecule has 0 bridgehead atoms. The van der Waals surface area contributed by atoms with Crippen molar-refractivity contribution in [1.82, 2.24) is 10.3 Å². The quantitative estimate of drug-likeness (QED) is 0.748. The van der Waals surface area contributed by atoms with Crippen LogP contribution in [0.15, 0.2) is 22.8 Å². The lowest BCUT2D eigenvalue weighted by molar-refractivity contribution is 0.0648. The van der Waals surface area contributed by atoms with E-state index >= 15 is 0 Å². The Morgan fingerprint density at radius 2 is 2.18 bits per heavy atom. The molecule has 3 N–H and O–H groups in total. The van der Waals surface area contributed by atoms with Gasteiger partial charge in [0.05, 0.1) is 18.8 Å². The lowest BCUT2D eigenvalue weighted by Gasteiger charge is -2.29. The van der Waals surface area contributed by atoms with Crippen molar-refractivity contribution in [2.24, 2.45) is 0 Å². The van der Waals surface area contributed by atoms with Crippen molar-refractivity contribution < 1.29 is 15.0 Å². The molecule has 0 fully saturated rings. The fraction of sp³-hybridized carbons (Fsp3) is 0.455. The number of hydrogen-bond acceptors (Lipinski definition) is 4. The number of rotatable bonds is 5. The minimum absolute atomic E-state index is 0.229. The molecule has 1 aromatic heterocycles. The lowest BCUT2D eigenvalue weighted by Crippen LogP contribution is -2.54. The van der Waals surface area contributed by atoms with Crippen molar-refractivity contribution in [3.05, 3.63) is 28.5 Å². The Morgan fingerprint density at radius 1 is 1.53 bits per heavy atom. The minimum atomic E-state index is -1.01. The first-order valence-electron chi connectivity index (χ1n) is 5.23. The van der Waals surface area contributed by atoms with Gasteiger partial charge in [-0.25, -0.2) is 4.98 Å². The van der Waals surface area contributed by atoms with Crippen LogP contribution in [0.5, 0.6) is 0 Å². The molecule has 0 saturated carbocycles. The summed E-state index contributed by atoms with van der Waals surface area (Å²) >= 11 is 3.22. The van der Waals surface area contributed by atoms with Crippen molar-refractivity contribution in [2.45, 2.75) is 18.9 Å². The molecule has 0 saturated heterocycles. The first-order chi connectivity index (χ1) is 8.08. The molecule has 17 heavy (non-hydrogen) atoms. The van der Waals surface area contributed by atoms with E-state index < -0.39 is 11.4 Å². The Morgan fingerprint density at radius 3 is 2.65 bits per heavy atom. The first kappa shape index (κ1) is 14.1. The highest BCUT2D eigenvalue weighted by atomic mass is 79.9. The highest BCUT2D eigenvalue weighted by Crippen LogP contribution is 2.15. The molecule has 0 aliphatic heterocycles. The summed E-state index contributed by atoms with van der Waals surface area (Å²) in [6.45, 7) is 1.13. The van der Waals surface area contributed by atoms with Gasteiger partial charge >= 0.3 is 0 Å². The molecule has 94 valence electrons. The second kappa shape index (κ2) is 6.09. The predicted molar refractivity (Wildman–Crippen MR) is 66.6 cm³/mol. The highest BCUT2D eigenvalue weighted by molar-refractivity contribution is 9.10. The molecule has 0 spiro atoms. The Balaban J connectivity index is 2.89. The number of amides is 1. The second-order valence-electron chi connectivity index (χ2n) is 3.74. The number of pyridine rings is 1. The zero-order valence-electron chi connectivity index (χ0n) is 9.48. The van der Waals surface area contributed by atoms with Gasteiger partial charge in [0.2, 0.25) is 0 Å². The molecular formula is C11H15BrN2O3. The molecule has 6 heteroatoms. The standard InChI is InChI=1S/C11H15BrN2O3/c1-2-11(6-15,7-16)14-10(17)9-8(12)4-3-5-13-9/h3-5,15-16H,2,6-7H2,1H3,(H,14,17). The number of carbonyl (C=O) groups is 1. The molecule has 1 aromatic rings. The van der Waals surface area contributed by atoms with Crippen LogP contribution in [0.4, 0.5) is 0 Å². The Hall–Kier alpha value is -0.980. The summed E-state index contributed by atoms with van der Waals surface area (Å²) in [5, 5.41) is 21.1. The number of aliphatic hydroxyl groups is 2. The molecular weight excluding hydrogens is 288 g/mol. The van der Waals surface area contributed by atoms with Gasteiger partial charge in [0.25, 0.3) is 5.91 Å². The van der Waals surface area contributed by atoms with Gasteiger partial charge in [-0.2, -0.15) is 0 Å². The maximum atomic E-state index is 11.9. The molecule has 0 atom stereocenters. The van der Waals surface area contributed by atoms with E-state index in [-0.39, 0.29) is 18.9 Å². The van der Waals surface area contributed by atoms with E-state index in [0.717, 1.165) is 0 Å². The Bertz CT molecular complexity index is 386. The number of halogens is 1. The van der Waals surface area contributed by atoms with Crippen LogP contribution in [-0.2, 0) is 0 Å². The van der Waals surface area contributed by atoms with E-state index in [1.54, 1.807) is 19.1 Å². The average molecular weight is 303 g/mol. The number of aromatic nitrogens is 1. The molecule has 1 heterocycles. The Labute approximate surface area is 108 Å². The van der Waals surface area contributed by atoms with Gasteiger partial charge in [-0.05, 0) is 34.5 Å². The van der Waals surface area contributed by atoms with Gasteiger partial charge in [0.15, 0.2) is 0 Å². The summed E-state index contributed by atoms with van der Waals surface area (Å²) in [4.78, 5) is 15.9. The van der Waals surface area contributed by atoms with Crippen molar-refractivity contribution in [3.8, 4) is 0 Å². The second-order valence-corrected chi connectivity index (χ2v) is 4.59. The van der Waals surface area contributed by atoms with Crippen LogP contribution in [-0.4, -0.2) is 39.9 Å². The highest BCUT2D eigenvalue weighted by Gasteiger charge is 2.29. The monoisotopic (exact) mass is 302 g/mol. The molecule has 0 aromatic carbocycles. The van der Waals surface area contributed by atoms with Crippen LogP contribution < -0.4 is 5.32 Å². The molecule has 5 nitrogen and oxygen atoms in total. The van der Waals surface area contributed by atoms with Gasteiger partial charge in [-0.15, -0.1) is 0 Å². The van der Waals surface area contributed by atoms with Gasteiger partial charge in [-0.1, -0.05) is 6.92 Å². The summed E-state index contributed by atoms with van der Waals surface area (Å²) in [6.07, 6.45) is 1.93. The van der Waals surface area contributed by atoms with E-state index in [1.807, 2.05) is 0 Å². The fourth-order valence-electron chi connectivity index (χ4n) is 1.29. The lowest BCUT2D eigenvalue weighted by atomic mass is 9.98. The fourth-order valence-corrected chi connectivity index (χ4v) is 1.73. The number of nitrogens with zero attached hydrogens (tertiary/aromatic N) is 1. The summed E-state index contributed by atoms with van der Waals surface area (Å²) < 4.78 is 0.568. The Kier molecular flexibility index (Phi) is 5.04. The zero-order valence-corrected chi connectivity index (χ0v) is 11.1. The summed E-state index contributed by atoms with van der Waals surface area (Å²) in [6, 6.07) is 3.40. The summed E-state index contributed by atoms with van der Waals surface area (Å²) in [5.74, 6) is -0.428. The van der Waals surface area contributed by atoms with Gasteiger partial charge in [-0.3, -0.25) is 4.79 Å². The number of hydrogen-bond donors (Lipinski definition) is 3. The van der Waals surface area contributed by atoms with Crippen LogP contribution in [0.3, 0.4) is 0 Å². The van der Waals surface area contributed by atoms with Crippen molar-refractivity contribution in [3.63, 3.8) is 0 Å². The predicted octanol–water partition coefficient (Wildman–Crippen LogP) is 0.707. The number of aliphatic hydroxyl groups excluding tert-OH is 2. The maximum Gasteiger partial charge on any atom is 0.271 e. The average Bonchev–Trinajstić information content (AvgIpc) is 2.36. The van der Waals surface area contributed by atoms with Crippen LogP contribution in [0, 0.1) is 0 Å². The summed E-state index contributed by atoms with van der Waals surface area (Å²) in [7, 11) is 0. The third-order valence-corrected chi connectivity index (χ3v) is 3.27. The van der Waals surface area contributed by atoms with Gasteiger partial charge in [0.1, 0.15) is 5.69 Å². The van der Waals surface area contributed by atoms with Gasteiger partial charge in [0, 0.05) is 10.7 Å². The number of nitrogens with one attached hydrogen (secondary N) is 1. The largest absolute Gasteiger partial charge is 0.394 e. The smallest absolute Gasteiger partial charge is 0.271 e. The third kappa shape index (κ3) is 3.24. The van der Waals surface area contributed by atoms with Crippen LogP contribution >= 0.6 is 15.9 Å². The van der Waals surface area contributed by atoms with Crippen molar-refractivity contribution >= 4 is 21.8 Å². The van der Waals surface area contributed by atoms with E-state index in [0.29, 0.717) is 10.9 Å². The molecule has 0 aliphatic carbocycles. The molecule has 1 rings (SSSR count). The van der Waals surface area contributed by atoms with E-state index in [2.05, 4.69) is 26.2 Å². The normalized spacial score (nSPS) is 11.3. The maximum absolute atomic E-state index is 11.9. The van der Waals surface area contributed by atoms with E-state index in [9.17, 15) is 15.0 Å². The molecule has 0 radical (unpaired) electrons. The van der Waals surface area contributed by atoms with Crippen LogP contribution in [0.1, 0.15) is 23.8 Å². The van der Waals surface area contributed by atoms with Crippen molar-refractivity contribution in [1.29, 1.82) is 0 Å². The third-order valence-electron chi connectivity index (χ3n) is 2.63. The summed E-state index contributed by atoms with van der Waals surface area (Å²) in [5.41, 5.74) is -0.777. The molecule has 0 aliphatic rings. The minimum Gasteiger partial charge on any atom is -0.394 e. The van der Waals surface area contributed by atoms with Crippen molar-refractivity contribution in [2.75, 3.05) is 13.2 Å². The molecule has 1 amide bonds. The van der Waals surface area contributed by atoms with Crippen LogP contribution in [0.25, 0.3) is 0 Å². The molecule has 0 unspecified atom stereocenters. The number of carbonyl (C=O) groups excluding carboxylic acids is 1. The SMILES string of the molecule is CCC(CO)(CO)NC(=O)c1ncccc1Br.